The van der Waals surface area contributed by atoms with Gasteiger partial charge in [0.15, 0.2) is 0 Å². The zero-order chi connectivity index (χ0) is 16.2. The van der Waals surface area contributed by atoms with Gasteiger partial charge in [0.25, 0.3) is 0 Å². The number of aryl methyl sites for hydroxylation is 1. The first kappa shape index (κ1) is 15.3. The molecule has 0 aliphatic carbocycles. The molecule has 0 saturated carbocycles. The van der Waals surface area contributed by atoms with E-state index >= 15 is 0 Å². The van der Waals surface area contributed by atoms with Crippen LogP contribution in [0.2, 0.25) is 5.02 Å². The summed E-state index contributed by atoms with van der Waals surface area (Å²) < 4.78 is 7.24. The number of hydrogen-bond acceptors (Lipinski definition) is 3. The molecule has 116 valence electrons. The maximum atomic E-state index is 12.2. The third-order valence-corrected chi connectivity index (χ3v) is 3.67. The number of ether oxygens (including phenoxy) is 1. The summed E-state index contributed by atoms with van der Waals surface area (Å²) in [7, 11) is 0. The Morgan fingerprint density at radius 3 is 2.65 bits per heavy atom. The summed E-state index contributed by atoms with van der Waals surface area (Å²) in [6.07, 6.45) is 3.63. The van der Waals surface area contributed by atoms with E-state index in [-0.39, 0.29) is 5.97 Å². The molecule has 3 rings (SSSR count). The van der Waals surface area contributed by atoms with Crippen LogP contribution in [0.5, 0.6) is 5.75 Å². The average molecular weight is 327 g/mol. The molecule has 4 nitrogen and oxygen atoms in total. The molecular formula is C18H15ClN2O2. The second kappa shape index (κ2) is 6.67. The van der Waals surface area contributed by atoms with Gasteiger partial charge in [0, 0.05) is 17.4 Å². The van der Waals surface area contributed by atoms with Gasteiger partial charge in [-0.05, 0) is 54.4 Å². The summed E-state index contributed by atoms with van der Waals surface area (Å²) in [5.74, 6) is 0.126. The van der Waals surface area contributed by atoms with Gasteiger partial charge in [-0.1, -0.05) is 23.7 Å². The van der Waals surface area contributed by atoms with Gasteiger partial charge in [-0.15, -0.1) is 0 Å². The van der Waals surface area contributed by atoms with Crippen LogP contribution in [0, 0.1) is 6.92 Å². The van der Waals surface area contributed by atoms with Crippen molar-refractivity contribution in [2.45, 2.75) is 13.5 Å². The number of aromatic nitrogens is 2. The molecule has 5 heteroatoms. The van der Waals surface area contributed by atoms with Crippen molar-refractivity contribution < 1.29 is 9.53 Å². The van der Waals surface area contributed by atoms with Gasteiger partial charge >= 0.3 is 5.97 Å². The Hall–Kier alpha value is -2.59. The molecule has 0 aliphatic rings. The fourth-order valence-corrected chi connectivity index (χ4v) is 2.44. The quantitative estimate of drug-likeness (QED) is 0.535. The SMILES string of the molecule is Cc1cc(Cl)ccc1OC(=O)c1ccc(Cn2cccn2)cc1. The lowest BCUT2D eigenvalue weighted by Gasteiger charge is -2.08. The van der Waals surface area contributed by atoms with Gasteiger partial charge in [0.2, 0.25) is 0 Å². The summed E-state index contributed by atoms with van der Waals surface area (Å²) in [6.45, 7) is 2.51. The Morgan fingerprint density at radius 1 is 1.22 bits per heavy atom. The highest BCUT2D eigenvalue weighted by atomic mass is 35.5. The van der Waals surface area contributed by atoms with Crippen LogP contribution in [0.15, 0.2) is 60.9 Å². The number of carbonyl (C=O) groups is 1. The molecule has 2 aromatic carbocycles. The lowest BCUT2D eigenvalue weighted by atomic mass is 10.1. The number of halogens is 1. The Bertz CT molecular complexity index is 812. The molecule has 3 aromatic rings. The summed E-state index contributed by atoms with van der Waals surface area (Å²) in [5.41, 5.74) is 2.39. The molecule has 0 unspecified atom stereocenters. The zero-order valence-corrected chi connectivity index (χ0v) is 13.3. The van der Waals surface area contributed by atoms with E-state index in [2.05, 4.69) is 5.10 Å². The molecule has 23 heavy (non-hydrogen) atoms. The second-order valence-electron chi connectivity index (χ2n) is 5.20. The van der Waals surface area contributed by atoms with E-state index < -0.39 is 0 Å². The highest BCUT2D eigenvalue weighted by Gasteiger charge is 2.10. The van der Waals surface area contributed by atoms with E-state index in [1.165, 1.54) is 0 Å². The monoisotopic (exact) mass is 326 g/mol. The van der Waals surface area contributed by atoms with E-state index in [1.807, 2.05) is 36.0 Å². The van der Waals surface area contributed by atoms with E-state index in [4.69, 9.17) is 16.3 Å². The molecule has 0 bridgehead atoms. The number of nitrogens with zero attached hydrogens (tertiary/aromatic N) is 2. The van der Waals surface area contributed by atoms with Crippen molar-refractivity contribution in [3.63, 3.8) is 0 Å². The maximum absolute atomic E-state index is 12.2. The largest absolute Gasteiger partial charge is 0.423 e. The fraction of sp³-hybridized carbons (Fsp3) is 0.111. The van der Waals surface area contributed by atoms with Crippen molar-refractivity contribution in [2.24, 2.45) is 0 Å². The minimum atomic E-state index is -0.388. The van der Waals surface area contributed by atoms with Gasteiger partial charge in [0.05, 0.1) is 12.1 Å². The Labute approximate surface area is 139 Å². The van der Waals surface area contributed by atoms with Crippen LogP contribution in [0.25, 0.3) is 0 Å². The third kappa shape index (κ3) is 3.79. The lowest BCUT2D eigenvalue weighted by Crippen LogP contribution is -2.09. The van der Waals surface area contributed by atoms with E-state index in [9.17, 15) is 4.79 Å². The molecule has 0 saturated heterocycles. The molecule has 1 heterocycles. The van der Waals surface area contributed by atoms with E-state index in [1.54, 1.807) is 36.5 Å². The zero-order valence-electron chi connectivity index (χ0n) is 12.6. The number of hydrogen-bond donors (Lipinski definition) is 0. The predicted octanol–water partition coefficient (Wildman–Crippen LogP) is 4.11. The van der Waals surface area contributed by atoms with Crippen LogP contribution in [0.1, 0.15) is 21.5 Å². The van der Waals surface area contributed by atoms with Crippen LogP contribution in [-0.2, 0) is 6.54 Å². The molecule has 0 fully saturated rings. The summed E-state index contributed by atoms with van der Waals surface area (Å²) in [6, 6.07) is 14.3. The van der Waals surface area contributed by atoms with Crippen molar-refractivity contribution in [2.75, 3.05) is 0 Å². The van der Waals surface area contributed by atoms with Crippen molar-refractivity contribution in [1.82, 2.24) is 9.78 Å². The first-order valence-electron chi connectivity index (χ1n) is 7.16. The molecule has 0 spiro atoms. The van der Waals surface area contributed by atoms with E-state index in [0.717, 1.165) is 11.1 Å². The van der Waals surface area contributed by atoms with Crippen LogP contribution < -0.4 is 4.74 Å². The van der Waals surface area contributed by atoms with E-state index in [0.29, 0.717) is 22.9 Å². The highest BCUT2D eigenvalue weighted by Crippen LogP contribution is 2.22. The van der Waals surface area contributed by atoms with Gasteiger partial charge < -0.3 is 4.74 Å². The maximum Gasteiger partial charge on any atom is 0.343 e. The number of esters is 1. The Kier molecular flexibility index (Phi) is 4.44. The Balaban J connectivity index is 1.70. The smallest absolute Gasteiger partial charge is 0.343 e. The molecule has 0 aliphatic heterocycles. The third-order valence-electron chi connectivity index (χ3n) is 3.43. The molecule has 1 aromatic heterocycles. The number of benzene rings is 2. The van der Waals surface area contributed by atoms with Gasteiger partial charge in [-0.3, -0.25) is 4.68 Å². The second-order valence-corrected chi connectivity index (χ2v) is 5.64. The van der Waals surface area contributed by atoms with Crippen LogP contribution >= 0.6 is 11.6 Å². The molecular weight excluding hydrogens is 312 g/mol. The predicted molar refractivity (Wildman–Crippen MR) is 88.9 cm³/mol. The van der Waals surface area contributed by atoms with Gasteiger partial charge in [-0.2, -0.15) is 5.10 Å². The normalized spacial score (nSPS) is 10.5. The summed E-state index contributed by atoms with van der Waals surface area (Å²) in [5, 5.41) is 4.77. The molecule has 0 atom stereocenters. The first-order valence-corrected chi connectivity index (χ1v) is 7.54. The van der Waals surface area contributed by atoms with Gasteiger partial charge in [0.1, 0.15) is 5.75 Å². The van der Waals surface area contributed by atoms with Crippen molar-refractivity contribution in [1.29, 1.82) is 0 Å². The summed E-state index contributed by atoms with van der Waals surface area (Å²) in [4.78, 5) is 12.2. The minimum Gasteiger partial charge on any atom is -0.423 e. The minimum absolute atomic E-state index is 0.388. The fourth-order valence-electron chi connectivity index (χ4n) is 2.21. The van der Waals surface area contributed by atoms with Crippen molar-refractivity contribution in [3.05, 3.63) is 82.6 Å². The van der Waals surface area contributed by atoms with Crippen LogP contribution in [0.3, 0.4) is 0 Å². The highest BCUT2D eigenvalue weighted by molar-refractivity contribution is 6.30. The summed E-state index contributed by atoms with van der Waals surface area (Å²) >= 11 is 5.90. The van der Waals surface area contributed by atoms with Crippen molar-refractivity contribution >= 4 is 17.6 Å². The molecule has 0 N–H and O–H groups in total. The number of carbonyl (C=O) groups excluding carboxylic acids is 1. The Morgan fingerprint density at radius 2 is 2.00 bits per heavy atom. The average Bonchev–Trinajstić information content (AvgIpc) is 3.04. The molecule has 0 amide bonds. The number of rotatable bonds is 4. The molecule has 0 radical (unpaired) electrons. The topological polar surface area (TPSA) is 44.1 Å². The van der Waals surface area contributed by atoms with Crippen LogP contribution in [0.4, 0.5) is 0 Å². The first-order chi connectivity index (χ1) is 11.1. The van der Waals surface area contributed by atoms with Gasteiger partial charge in [-0.25, -0.2) is 4.79 Å². The van der Waals surface area contributed by atoms with Crippen molar-refractivity contribution in [3.8, 4) is 5.75 Å². The van der Waals surface area contributed by atoms with Crippen LogP contribution in [-0.4, -0.2) is 15.7 Å². The standard InChI is InChI=1S/C18H15ClN2O2/c1-13-11-16(19)7-8-17(13)23-18(22)15-5-3-14(4-6-15)12-21-10-2-9-20-21/h2-11H,12H2,1H3. The lowest BCUT2D eigenvalue weighted by molar-refractivity contribution is 0.0733.